The smallest absolute Gasteiger partial charge is 0.258 e. The first kappa shape index (κ1) is 22.9. The Morgan fingerprint density at radius 3 is 2.64 bits per heavy atom. The normalized spacial score (nSPS) is 18.4. The molecule has 33 heavy (non-hydrogen) atoms. The van der Waals surface area contributed by atoms with Crippen LogP contribution in [0.5, 0.6) is 0 Å². The Hall–Kier alpha value is -3.26. The number of fused-ring (bicyclic) bond motifs is 2. The van der Waals surface area contributed by atoms with Gasteiger partial charge in [-0.2, -0.15) is 5.10 Å². The molecule has 5 rings (SSSR count). The van der Waals surface area contributed by atoms with E-state index >= 15 is 0 Å². The first-order valence-electron chi connectivity index (χ1n) is 11.7. The van der Waals surface area contributed by atoms with Crippen LogP contribution in [0.25, 0.3) is 22.7 Å². The summed E-state index contributed by atoms with van der Waals surface area (Å²) in [5.41, 5.74) is 5.55. The summed E-state index contributed by atoms with van der Waals surface area (Å²) in [6.07, 6.45) is 4.83. The fourth-order valence-corrected chi connectivity index (χ4v) is 4.29. The molecule has 4 aromatic heterocycles. The summed E-state index contributed by atoms with van der Waals surface area (Å²) in [7, 11) is 0. The van der Waals surface area contributed by atoms with Crippen LogP contribution in [0.2, 0.25) is 0 Å². The van der Waals surface area contributed by atoms with Crippen LogP contribution in [0.4, 0.5) is 5.69 Å². The van der Waals surface area contributed by atoms with Crippen molar-refractivity contribution in [2.75, 3.05) is 24.5 Å². The molecule has 0 saturated carbocycles. The third-order valence-electron chi connectivity index (χ3n) is 6.26. The number of hydrogen-bond donors (Lipinski definition) is 1. The Morgan fingerprint density at radius 2 is 1.88 bits per heavy atom. The molecule has 0 bridgehead atoms. The van der Waals surface area contributed by atoms with Crippen LogP contribution < -0.4 is 15.8 Å². The highest BCUT2D eigenvalue weighted by Gasteiger charge is 2.29. The summed E-state index contributed by atoms with van der Waals surface area (Å²) in [6, 6.07) is 7.45. The fourth-order valence-electron chi connectivity index (χ4n) is 4.29. The summed E-state index contributed by atoms with van der Waals surface area (Å²) in [4.78, 5) is 24.5. The van der Waals surface area contributed by atoms with Crippen molar-refractivity contribution in [1.82, 2.24) is 29.3 Å². The molecule has 0 amide bonds. The van der Waals surface area contributed by atoms with Crippen molar-refractivity contribution >= 4 is 17.0 Å². The molecule has 4 aromatic rings. The molecule has 1 atom stereocenters. The number of piperazine rings is 1. The molecule has 8 nitrogen and oxygen atoms in total. The van der Waals surface area contributed by atoms with Crippen molar-refractivity contribution in [3.63, 3.8) is 0 Å². The van der Waals surface area contributed by atoms with E-state index in [-0.39, 0.29) is 11.1 Å². The number of rotatable bonds is 3. The second-order valence-corrected chi connectivity index (χ2v) is 8.72. The molecule has 1 N–H and O–H groups in total. The zero-order chi connectivity index (χ0) is 23.8. The van der Waals surface area contributed by atoms with Gasteiger partial charge in [0.15, 0.2) is 5.65 Å². The molecular weight excluding hydrogens is 414 g/mol. The number of hydrogen-bond acceptors (Lipinski definition) is 6. The fraction of sp³-hybridized carbons (Fsp3) is 0.440. The predicted molar refractivity (Wildman–Crippen MR) is 133 cm³/mol. The van der Waals surface area contributed by atoms with Gasteiger partial charge >= 0.3 is 0 Å². The number of imidazole rings is 1. The van der Waals surface area contributed by atoms with Gasteiger partial charge in [-0.05, 0) is 51.0 Å². The third-order valence-corrected chi connectivity index (χ3v) is 6.26. The van der Waals surface area contributed by atoms with Crippen LogP contribution in [0.15, 0.2) is 41.5 Å². The Labute approximate surface area is 194 Å². The van der Waals surface area contributed by atoms with Gasteiger partial charge in [-0.1, -0.05) is 20.8 Å². The van der Waals surface area contributed by atoms with Crippen molar-refractivity contribution in [2.24, 2.45) is 0 Å². The van der Waals surface area contributed by atoms with E-state index in [9.17, 15) is 4.79 Å². The predicted octanol–water partition coefficient (Wildman–Crippen LogP) is 3.63. The topological polar surface area (TPSA) is 79.8 Å². The van der Waals surface area contributed by atoms with Crippen LogP contribution in [0.3, 0.4) is 0 Å². The number of pyridine rings is 1. The minimum atomic E-state index is -0.114. The number of nitrogens with one attached hydrogen (secondary N) is 1. The third kappa shape index (κ3) is 4.35. The van der Waals surface area contributed by atoms with E-state index in [1.54, 1.807) is 15.0 Å². The van der Waals surface area contributed by atoms with Crippen molar-refractivity contribution in [3.8, 4) is 11.4 Å². The lowest BCUT2D eigenvalue weighted by molar-refractivity contribution is 0.314. The standard InChI is InChI=1S/C23H27N7O.C2H6/c1-5-23(4)14-28(9-8-24-23)17-6-7-20-26-18(11-21(31)29(20)13-17)19-10-15(2)22-25-16(3)12-30(22)27-19;1-2/h6-7,10-13,24H,5,8-9,14H2,1-4H3;1-2H3. The van der Waals surface area contributed by atoms with Crippen LogP contribution >= 0.6 is 0 Å². The van der Waals surface area contributed by atoms with Gasteiger partial charge in [0.05, 0.1) is 23.3 Å². The molecule has 1 aliphatic heterocycles. The van der Waals surface area contributed by atoms with Crippen LogP contribution in [0, 0.1) is 13.8 Å². The van der Waals surface area contributed by atoms with E-state index in [1.807, 2.05) is 58.3 Å². The summed E-state index contributed by atoms with van der Waals surface area (Å²) in [5, 5.41) is 8.22. The molecule has 0 aliphatic carbocycles. The summed E-state index contributed by atoms with van der Waals surface area (Å²) in [6.45, 7) is 15.1. The first-order chi connectivity index (χ1) is 15.8. The maximum absolute atomic E-state index is 13.0. The van der Waals surface area contributed by atoms with E-state index in [0.717, 1.165) is 48.6 Å². The van der Waals surface area contributed by atoms with Gasteiger partial charge in [0.25, 0.3) is 5.56 Å². The van der Waals surface area contributed by atoms with Gasteiger partial charge in [-0.3, -0.25) is 9.20 Å². The Balaban J connectivity index is 0.00000126. The molecule has 0 radical (unpaired) electrons. The number of nitrogens with zero attached hydrogens (tertiary/aromatic N) is 6. The van der Waals surface area contributed by atoms with Crippen LogP contribution in [0.1, 0.15) is 45.4 Å². The minimum absolute atomic E-state index is 0.0775. The first-order valence-corrected chi connectivity index (χ1v) is 11.7. The highest BCUT2D eigenvalue weighted by molar-refractivity contribution is 5.62. The highest BCUT2D eigenvalue weighted by atomic mass is 16.1. The molecule has 1 aliphatic rings. The highest BCUT2D eigenvalue weighted by Crippen LogP contribution is 2.23. The van der Waals surface area contributed by atoms with Gasteiger partial charge < -0.3 is 10.2 Å². The number of anilines is 1. The molecule has 1 fully saturated rings. The lowest BCUT2D eigenvalue weighted by Gasteiger charge is -2.42. The molecule has 8 heteroatoms. The summed E-state index contributed by atoms with van der Waals surface area (Å²) in [5.74, 6) is 0. The van der Waals surface area contributed by atoms with Crippen molar-refractivity contribution < 1.29 is 0 Å². The van der Waals surface area contributed by atoms with Gasteiger partial charge in [0, 0.05) is 37.4 Å². The number of aromatic nitrogens is 5. The monoisotopic (exact) mass is 447 g/mol. The van der Waals surface area contributed by atoms with E-state index in [0.29, 0.717) is 17.0 Å². The zero-order valence-corrected chi connectivity index (χ0v) is 20.4. The molecule has 174 valence electrons. The molecule has 0 spiro atoms. The summed E-state index contributed by atoms with van der Waals surface area (Å²) < 4.78 is 3.37. The van der Waals surface area contributed by atoms with Crippen LogP contribution in [-0.4, -0.2) is 49.2 Å². The van der Waals surface area contributed by atoms with Crippen molar-refractivity contribution in [3.05, 3.63) is 58.3 Å². The zero-order valence-electron chi connectivity index (χ0n) is 20.4. The van der Waals surface area contributed by atoms with Crippen LogP contribution in [-0.2, 0) is 0 Å². The lowest BCUT2D eigenvalue weighted by Crippen LogP contribution is -2.58. The van der Waals surface area contributed by atoms with E-state index in [2.05, 4.69) is 34.1 Å². The van der Waals surface area contributed by atoms with E-state index in [4.69, 9.17) is 4.98 Å². The average Bonchev–Trinajstić information content (AvgIpc) is 3.21. The largest absolute Gasteiger partial charge is 0.367 e. The maximum atomic E-state index is 13.0. The Kier molecular flexibility index (Phi) is 6.21. The molecule has 1 saturated heterocycles. The second kappa shape index (κ2) is 8.94. The van der Waals surface area contributed by atoms with Crippen molar-refractivity contribution in [2.45, 2.75) is 53.5 Å². The Morgan fingerprint density at radius 1 is 1.09 bits per heavy atom. The average molecular weight is 448 g/mol. The van der Waals surface area contributed by atoms with Gasteiger partial charge in [-0.15, -0.1) is 0 Å². The molecule has 0 aromatic carbocycles. The van der Waals surface area contributed by atoms with Gasteiger partial charge in [0.2, 0.25) is 0 Å². The lowest BCUT2D eigenvalue weighted by atomic mass is 9.95. The Bertz CT molecular complexity index is 1360. The minimum Gasteiger partial charge on any atom is -0.367 e. The molecule has 1 unspecified atom stereocenters. The molecule has 5 heterocycles. The molecular formula is C25H33N7O. The van der Waals surface area contributed by atoms with E-state index < -0.39 is 0 Å². The summed E-state index contributed by atoms with van der Waals surface area (Å²) >= 11 is 0. The SMILES string of the molecule is CC.CCC1(C)CN(c2ccc3nc(-c4cc(C)c5nc(C)cn5n4)cc(=O)n3c2)CCN1. The maximum Gasteiger partial charge on any atom is 0.258 e. The van der Waals surface area contributed by atoms with E-state index in [1.165, 1.54) is 0 Å². The van der Waals surface area contributed by atoms with Gasteiger partial charge in [0.1, 0.15) is 11.3 Å². The number of aryl methyl sites for hydroxylation is 2. The second-order valence-electron chi connectivity index (χ2n) is 8.72. The van der Waals surface area contributed by atoms with Crippen molar-refractivity contribution in [1.29, 1.82) is 0 Å². The quantitative estimate of drug-likeness (QED) is 0.517. The van der Waals surface area contributed by atoms with Gasteiger partial charge in [-0.25, -0.2) is 14.5 Å².